The van der Waals surface area contributed by atoms with Gasteiger partial charge in [-0.25, -0.2) is 19.2 Å². The molecule has 6 aromatic carbocycles. The fraction of sp³-hybridized carbons (Fsp3) is 0.125. The zero-order chi connectivity index (χ0) is 46.4. The quantitative estimate of drug-likeness (QED) is 0.0475. The average Bonchev–Trinajstić information content (AvgIpc) is 3.23. The summed E-state index contributed by atoms with van der Waals surface area (Å²) >= 11 is 0. The molecule has 18 heteroatoms. The normalized spacial score (nSPS) is 11.0. The number of hydrogen-bond donors (Lipinski definition) is 3. The number of carboxylic acids is 2. The number of carboxylic acid groups (broad SMARTS) is 2. The zero-order valence-corrected chi connectivity index (χ0v) is 42.1. The van der Waals surface area contributed by atoms with E-state index in [4.69, 9.17) is 9.47 Å². The van der Waals surface area contributed by atoms with Crippen LogP contribution in [-0.4, -0.2) is 39.2 Å². The largest absolute Gasteiger partial charge is 1.00 e. The van der Waals surface area contributed by atoms with Gasteiger partial charge in [0.25, 0.3) is 0 Å². The number of phenols is 1. The Morgan fingerprint density at radius 1 is 0.530 bits per heavy atom. The number of nitrogens with zero attached hydrogens (tertiary/aromatic N) is 2. The van der Waals surface area contributed by atoms with E-state index in [9.17, 15) is 48.8 Å². The Morgan fingerprint density at radius 2 is 0.894 bits per heavy atom. The Labute approximate surface area is 421 Å². The molecule has 2 heterocycles. The number of aryl methyl sites for hydroxylation is 6. The molecular weight excluding hydrogens is 889 g/mol. The molecule has 0 aliphatic heterocycles. The number of phenolic OH excluding ortho intramolecular Hbond substituents is 1. The van der Waals surface area contributed by atoms with Gasteiger partial charge in [0.1, 0.15) is 44.9 Å². The molecule has 2 aromatic heterocycles. The number of pyridine rings is 2. The summed E-state index contributed by atoms with van der Waals surface area (Å²) in [5.41, 5.74) is 5.62. The number of para-hydroxylation sites is 2. The van der Waals surface area contributed by atoms with E-state index in [2.05, 4.69) is 4.52 Å². The molecule has 0 radical (unpaired) electrons. The Bertz CT molecular complexity index is 3310. The maximum Gasteiger partial charge on any atom is 1.00 e. The average molecular weight is 929 g/mol. The summed E-state index contributed by atoms with van der Waals surface area (Å²) in [4.78, 5) is 71.8. The number of carbonyl (C=O) groups is 4. The van der Waals surface area contributed by atoms with Crippen LogP contribution in [-0.2, 0) is 18.7 Å². The van der Waals surface area contributed by atoms with Crippen LogP contribution >= 0.6 is 7.82 Å². The molecule has 0 aliphatic carbocycles. The molecule has 3 N–H and O–H groups in total. The van der Waals surface area contributed by atoms with Gasteiger partial charge in [0.15, 0.2) is 0 Å². The zero-order valence-electron chi connectivity index (χ0n) is 37.2. The minimum atomic E-state index is -5.32. The van der Waals surface area contributed by atoms with Crippen molar-refractivity contribution in [2.45, 2.75) is 27.7 Å². The summed E-state index contributed by atoms with van der Waals surface area (Å²) in [6, 6.07) is 29.4. The molecule has 8 aromatic rings. The maximum atomic E-state index is 13.5. The number of benzene rings is 6. The number of carbonyl (C=O) groups excluding carboxylic acids is 2. The second-order valence-corrected chi connectivity index (χ2v) is 16.2. The first-order chi connectivity index (χ1) is 30.2. The van der Waals surface area contributed by atoms with E-state index in [1.54, 1.807) is 71.1 Å². The third-order valence-corrected chi connectivity index (χ3v) is 11.1. The van der Waals surface area contributed by atoms with Crippen molar-refractivity contribution in [3.63, 3.8) is 0 Å². The molecule has 324 valence electrons. The van der Waals surface area contributed by atoms with Crippen molar-refractivity contribution in [3.05, 3.63) is 154 Å². The van der Waals surface area contributed by atoms with E-state index in [0.29, 0.717) is 66.1 Å². The van der Waals surface area contributed by atoms with Gasteiger partial charge in [0.05, 0.1) is 43.8 Å². The third kappa shape index (κ3) is 10.5. The van der Waals surface area contributed by atoms with E-state index in [0.717, 1.165) is 11.0 Å². The molecular formula is C48H39N2Na2O13P+2. The van der Waals surface area contributed by atoms with Crippen LogP contribution < -0.4 is 92.0 Å². The Balaban J connectivity index is 0.000000242. The van der Waals surface area contributed by atoms with Crippen molar-refractivity contribution in [3.8, 4) is 23.0 Å². The Morgan fingerprint density at radius 3 is 1.29 bits per heavy atom. The van der Waals surface area contributed by atoms with E-state index in [1.807, 2.05) is 52.6 Å². The molecule has 0 unspecified atom stereocenters. The van der Waals surface area contributed by atoms with Crippen LogP contribution in [0.4, 0.5) is 0 Å². The molecule has 0 saturated heterocycles. The van der Waals surface area contributed by atoms with Gasteiger partial charge in [-0.05, 0) is 111 Å². The predicted molar refractivity (Wildman–Crippen MR) is 231 cm³/mol. The summed E-state index contributed by atoms with van der Waals surface area (Å²) in [5, 5.41) is 30.7. The number of ether oxygens (including phenoxy) is 2. The molecule has 0 saturated carbocycles. The smallest absolute Gasteiger partial charge is 0.780 e. The number of phosphoric ester groups is 1. The number of aromatic nitrogens is 2. The predicted octanol–water partition coefficient (Wildman–Crippen LogP) is 0.625. The summed E-state index contributed by atoms with van der Waals surface area (Å²) in [6.07, 6.45) is 0. The molecule has 0 aliphatic rings. The number of fused-ring (bicyclic) bond motifs is 4. The van der Waals surface area contributed by atoms with Crippen molar-refractivity contribution in [2.24, 2.45) is 14.1 Å². The summed E-state index contributed by atoms with van der Waals surface area (Å²) in [6.45, 7) is 6.68. The fourth-order valence-corrected chi connectivity index (χ4v) is 8.28. The van der Waals surface area contributed by atoms with Crippen molar-refractivity contribution in [1.29, 1.82) is 0 Å². The van der Waals surface area contributed by atoms with Gasteiger partial charge in [-0.1, -0.05) is 24.3 Å². The minimum Gasteiger partial charge on any atom is -0.780 e. The summed E-state index contributed by atoms with van der Waals surface area (Å²) in [5.74, 6) is -3.09. The van der Waals surface area contributed by atoms with Gasteiger partial charge in [-0.2, -0.15) is 9.13 Å². The SMILES string of the molecule is Cc1cc(C(=O)O)cc(C)c1OC(=O)c1c2ccccc2[n+](C)c2ccc(O)cc12.Cc1cc(C(=O)O)cc(C)c1OC(=O)c1c2ccccc2[n+](C)c2ccc(OP(=O)([O-])[O-])cc12.[Na+].[Na+]. The molecule has 8 rings (SSSR count). The number of phosphoric acid groups is 1. The van der Waals surface area contributed by atoms with Gasteiger partial charge in [0, 0.05) is 24.3 Å². The van der Waals surface area contributed by atoms with Crippen LogP contribution in [0.2, 0.25) is 0 Å². The van der Waals surface area contributed by atoms with Crippen molar-refractivity contribution >= 4 is 75.3 Å². The molecule has 66 heavy (non-hydrogen) atoms. The van der Waals surface area contributed by atoms with Crippen molar-refractivity contribution < 1.29 is 131 Å². The van der Waals surface area contributed by atoms with Crippen LogP contribution in [0.25, 0.3) is 43.6 Å². The van der Waals surface area contributed by atoms with Crippen LogP contribution in [0.15, 0.2) is 109 Å². The molecule has 15 nitrogen and oxygen atoms in total. The molecule has 0 atom stereocenters. The van der Waals surface area contributed by atoms with Gasteiger partial charge in [0.2, 0.25) is 22.1 Å². The minimum absolute atomic E-state index is 0. The standard InChI is InChI=1S/C24H20NO8P.C24H19NO5.2Na/c1-13-10-15(23(26)27)11-14(2)22(13)32-24(28)21-17-6-4-5-7-19(17)25(3)20-9-8-16(12-18(20)21)33-34(29,30)31;1-13-10-15(23(27)28)11-14(2)22(13)30-24(29)21-17-6-4-5-7-19(17)25(3)20-9-8-16(26)12-18(20)21;;/h4-12H,1-3H3,(H2-,26,27,29,30,31);4-12H,1-3H3,(H-,26,27,28,29);;/q;;2*+1. The van der Waals surface area contributed by atoms with Gasteiger partial charge >= 0.3 is 83.0 Å². The van der Waals surface area contributed by atoms with Gasteiger partial charge in [-0.15, -0.1) is 0 Å². The topological polar surface area (TPSA) is 228 Å². The van der Waals surface area contributed by atoms with Crippen LogP contribution in [0.1, 0.15) is 63.7 Å². The second-order valence-electron chi connectivity index (χ2n) is 15.1. The van der Waals surface area contributed by atoms with E-state index < -0.39 is 31.7 Å². The molecule has 0 fully saturated rings. The van der Waals surface area contributed by atoms with Gasteiger partial charge < -0.3 is 43.7 Å². The number of rotatable bonds is 8. The summed E-state index contributed by atoms with van der Waals surface area (Å²) < 4.78 is 30.9. The van der Waals surface area contributed by atoms with Crippen LogP contribution in [0, 0.1) is 27.7 Å². The van der Waals surface area contributed by atoms with Gasteiger partial charge in [-0.3, -0.25) is 0 Å². The van der Waals surface area contributed by atoms with E-state index in [1.165, 1.54) is 36.4 Å². The first-order valence-corrected chi connectivity index (χ1v) is 20.9. The monoisotopic (exact) mass is 928 g/mol. The molecule has 0 bridgehead atoms. The summed E-state index contributed by atoms with van der Waals surface area (Å²) in [7, 11) is -1.63. The number of aromatic carboxylic acids is 2. The van der Waals surface area contributed by atoms with Crippen LogP contribution in [0.3, 0.4) is 0 Å². The van der Waals surface area contributed by atoms with Crippen molar-refractivity contribution in [1.82, 2.24) is 0 Å². The number of hydrogen-bond acceptors (Lipinski definition) is 11. The van der Waals surface area contributed by atoms with E-state index >= 15 is 0 Å². The maximum absolute atomic E-state index is 13.5. The molecule has 0 spiro atoms. The Hall–Kier alpha value is -5.71. The second kappa shape index (κ2) is 20.4. The number of esters is 2. The first kappa shape index (κ1) is 51.3. The van der Waals surface area contributed by atoms with E-state index in [-0.39, 0.29) is 93.1 Å². The Kier molecular flexibility index (Phi) is 15.9. The number of aromatic hydroxyl groups is 1. The molecule has 0 amide bonds. The fourth-order valence-electron chi connectivity index (χ4n) is 7.91. The first-order valence-electron chi connectivity index (χ1n) is 19.5. The van der Waals surface area contributed by atoms with Crippen molar-refractivity contribution in [2.75, 3.05) is 0 Å². The van der Waals surface area contributed by atoms with Crippen LogP contribution in [0.5, 0.6) is 23.0 Å². The third-order valence-electron chi connectivity index (χ3n) is 10.7.